The molecule has 0 atom stereocenters. The molecule has 0 spiro atoms. The van der Waals surface area contributed by atoms with Crippen molar-refractivity contribution >= 4 is 17.5 Å². The van der Waals surface area contributed by atoms with Gasteiger partial charge in [-0.3, -0.25) is 14.3 Å². The fourth-order valence-electron chi connectivity index (χ4n) is 3.43. The normalized spacial score (nSPS) is 14.8. The van der Waals surface area contributed by atoms with Crippen molar-refractivity contribution in [3.8, 4) is 0 Å². The number of nitrogens with zero attached hydrogens (tertiary/aromatic N) is 2. The molecular weight excluding hydrogens is 328 g/mol. The lowest BCUT2D eigenvalue weighted by molar-refractivity contribution is -0.122. The zero-order chi connectivity index (χ0) is 18.2. The summed E-state index contributed by atoms with van der Waals surface area (Å²) in [7, 11) is 0. The van der Waals surface area contributed by atoms with E-state index < -0.39 is 0 Å². The van der Waals surface area contributed by atoms with Crippen molar-refractivity contribution in [3.05, 3.63) is 48.3 Å². The highest BCUT2D eigenvalue weighted by atomic mass is 16.2. The molecule has 1 aliphatic carbocycles. The van der Waals surface area contributed by atoms with Gasteiger partial charge in [0.1, 0.15) is 6.54 Å². The first kappa shape index (κ1) is 18.2. The van der Waals surface area contributed by atoms with Crippen LogP contribution in [0.4, 0.5) is 5.69 Å². The maximum atomic E-state index is 12.1. The number of nitrogens with one attached hydrogen (secondary N) is 2. The summed E-state index contributed by atoms with van der Waals surface area (Å²) in [6, 6.07) is 9.34. The van der Waals surface area contributed by atoms with Gasteiger partial charge in [-0.1, -0.05) is 31.4 Å². The first-order valence-electron chi connectivity index (χ1n) is 9.32. The lowest BCUT2D eigenvalue weighted by Crippen LogP contribution is -2.26. The molecule has 1 aliphatic rings. The minimum atomic E-state index is -0.132. The van der Waals surface area contributed by atoms with Gasteiger partial charge in [0.05, 0.1) is 0 Å². The third-order valence-corrected chi connectivity index (χ3v) is 4.76. The predicted molar refractivity (Wildman–Crippen MR) is 100 cm³/mol. The number of anilines is 1. The molecule has 6 nitrogen and oxygen atoms in total. The molecule has 0 radical (unpaired) electrons. The smallest absolute Gasteiger partial charge is 0.246 e. The number of amides is 2. The Labute approximate surface area is 154 Å². The molecule has 1 aromatic heterocycles. The van der Waals surface area contributed by atoms with Gasteiger partial charge in [0.15, 0.2) is 0 Å². The Hall–Kier alpha value is -2.63. The molecule has 0 bridgehead atoms. The third kappa shape index (κ3) is 5.72. The second-order valence-electron chi connectivity index (χ2n) is 6.94. The van der Waals surface area contributed by atoms with Crippen LogP contribution in [0.3, 0.4) is 0 Å². The van der Waals surface area contributed by atoms with Gasteiger partial charge in [-0.25, -0.2) is 0 Å². The summed E-state index contributed by atoms with van der Waals surface area (Å²) in [5, 5.41) is 9.88. The number of carbonyl (C=O) groups is 2. The standard InChI is InChI=1S/C20H26N4O2/c25-19(13-16-6-2-1-3-7-16)21-14-17-8-4-9-18(12-17)23-20(26)15-24-11-5-10-22-24/h4-5,8-12,16H,1-3,6-7,13-15H2,(H,21,25)(H,23,26). The van der Waals surface area contributed by atoms with Gasteiger partial charge in [-0.2, -0.15) is 5.10 Å². The monoisotopic (exact) mass is 354 g/mol. The molecule has 138 valence electrons. The van der Waals surface area contributed by atoms with Crippen molar-refractivity contribution in [1.82, 2.24) is 15.1 Å². The minimum Gasteiger partial charge on any atom is -0.352 e. The van der Waals surface area contributed by atoms with E-state index >= 15 is 0 Å². The summed E-state index contributed by atoms with van der Waals surface area (Å²) in [6.07, 6.45) is 10.2. The van der Waals surface area contributed by atoms with Crippen LogP contribution in [0, 0.1) is 5.92 Å². The van der Waals surface area contributed by atoms with Crippen LogP contribution in [0.5, 0.6) is 0 Å². The Kier molecular flexibility index (Phi) is 6.41. The third-order valence-electron chi connectivity index (χ3n) is 4.76. The Morgan fingerprint density at radius 3 is 2.73 bits per heavy atom. The maximum Gasteiger partial charge on any atom is 0.246 e. The summed E-state index contributed by atoms with van der Waals surface area (Å²) in [5.41, 5.74) is 1.69. The second-order valence-corrected chi connectivity index (χ2v) is 6.94. The topological polar surface area (TPSA) is 76.0 Å². The SMILES string of the molecule is O=C(CC1CCCCC1)NCc1cccc(NC(=O)Cn2cccn2)c1. The second kappa shape index (κ2) is 9.17. The van der Waals surface area contributed by atoms with E-state index in [0.29, 0.717) is 18.9 Å². The summed E-state index contributed by atoms with van der Waals surface area (Å²) in [5.74, 6) is 0.522. The fraction of sp³-hybridized carbons (Fsp3) is 0.450. The Balaban J connectivity index is 1.45. The number of carbonyl (C=O) groups excluding carboxylic acids is 2. The van der Waals surface area contributed by atoms with E-state index in [1.54, 1.807) is 23.1 Å². The zero-order valence-electron chi connectivity index (χ0n) is 15.0. The number of aromatic nitrogens is 2. The minimum absolute atomic E-state index is 0.116. The molecule has 1 aromatic carbocycles. The van der Waals surface area contributed by atoms with E-state index in [9.17, 15) is 9.59 Å². The van der Waals surface area contributed by atoms with Crippen molar-refractivity contribution in [1.29, 1.82) is 0 Å². The van der Waals surface area contributed by atoms with Crippen LogP contribution < -0.4 is 10.6 Å². The quantitative estimate of drug-likeness (QED) is 0.802. The Morgan fingerprint density at radius 1 is 1.12 bits per heavy atom. The highest BCUT2D eigenvalue weighted by Crippen LogP contribution is 2.26. The van der Waals surface area contributed by atoms with E-state index in [4.69, 9.17) is 0 Å². The first-order chi connectivity index (χ1) is 12.7. The summed E-state index contributed by atoms with van der Waals surface area (Å²) in [4.78, 5) is 24.2. The van der Waals surface area contributed by atoms with Crippen LogP contribution in [-0.2, 0) is 22.7 Å². The van der Waals surface area contributed by atoms with Gasteiger partial charge in [-0.05, 0) is 42.5 Å². The molecule has 0 aliphatic heterocycles. The molecule has 0 saturated heterocycles. The van der Waals surface area contributed by atoms with Crippen LogP contribution in [0.1, 0.15) is 44.1 Å². The van der Waals surface area contributed by atoms with E-state index in [0.717, 1.165) is 11.3 Å². The van der Waals surface area contributed by atoms with E-state index in [1.807, 2.05) is 24.3 Å². The van der Waals surface area contributed by atoms with Crippen molar-refractivity contribution in [2.24, 2.45) is 5.92 Å². The van der Waals surface area contributed by atoms with Crippen LogP contribution in [0.2, 0.25) is 0 Å². The highest BCUT2D eigenvalue weighted by molar-refractivity contribution is 5.90. The molecule has 1 saturated carbocycles. The van der Waals surface area contributed by atoms with E-state index in [-0.39, 0.29) is 18.4 Å². The van der Waals surface area contributed by atoms with E-state index in [1.165, 1.54) is 32.1 Å². The highest BCUT2D eigenvalue weighted by Gasteiger charge is 2.16. The first-order valence-corrected chi connectivity index (χ1v) is 9.32. The average Bonchev–Trinajstić information content (AvgIpc) is 3.14. The maximum absolute atomic E-state index is 12.1. The fourth-order valence-corrected chi connectivity index (χ4v) is 3.43. The molecule has 0 unspecified atom stereocenters. The summed E-state index contributed by atoms with van der Waals surface area (Å²) < 4.78 is 1.57. The molecule has 2 aromatic rings. The van der Waals surface area contributed by atoms with Crippen molar-refractivity contribution in [3.63, 3.8) is 0 Å². The number of hydrogen-bond acceptors (Lipinski definition) is 3. The van der Waals surface area contributed by atoms with Gasteiger partial charge >= 0.3 is 0 Å². The number of rotatable bonds is 7. The predicted octanol–water partition coefficient (Wildman–Crippen LogP) is 3.11. The van der Waals surface area contributed by atoms with E-state index in [2.05, 4.69) is 15.7 Å². The summed E-state index contributed by atoms with van der Waals surface area (Å²) in [6.45, 7) is 0.657. The van der Waals surface area contributed by atoms with Crippen LogP contribution in [-0.4, -0.2) is 21.6 Å². The molecule has 2 N–H and O–H groups in total. The van der Waals surface area contributed by atoms with Crippen LogP contribution in [0.25, 0.3) is 0 Å². The molecule has 26 heavy (non-hydrogen) atoms. The van der Waals surface area contributed by atoms with Crippen molar-refractivity contribution in [2.45, 2.75) is 51.6 Å². The lowest BCUT2D eigenvalue weighted by atomic mass is 9.87. The van der Waals surface area contributed by atoms with Crippen LogP contribution >= 0.6 is 0 Å². The molecule has 3 rings (SSSR count). The Bertz CT molecular complexity index is 721. The lowest BCUT2D eigenvalue weighted by Gasteiger charge is -2.20. The van der Waals surface area contributed by atoms with Gasteiger partial charge in [0.25, 0.3) is 0 Å². The summed E-state index contributed by atoms with van der Waals surface area (Å²) >= 11 is 0. The Morgan fingerprint density at radius 2 is 1.96 bits per heavy atom. The molecule has 2 amide bonds. The molecule has 1 fully saturated rings. The molecule has 6 heteroatoms. The zero-order valence-corrected chi connectivity index (χ0v) is 15.0. The van der Waals surface area contributed by atoms with Crippen LogP contribution in [0.15, 0.2) is 42.7 Å². The van der Waals surface area contributed by atoms with Gasteiger partial charge in [-0.15, -0.1) is 0 Å². The van der Waals surface area contributed by atoms with Crippen molar-refractivity contribution < 1.29 is 9.59 Å². The van der Waals surface area contributed by atoms with Gasteiger partial charge < -0.3 is 10.6 Å². The average molecular weight is 354 g/mol. The molecular formula is C20H26N4O2. The number of hydrogen-bond donors (Lipinski definition) is 2. The molecule has 1 heterocycles. The van der Waals surface area contributed by atoms with Crippen molar-refractivity contribution in [2.75, 3.05) is 5.32 Å². The van der Waals surface area contributed by atoms with Gasteiger partial charge in [0, 0.05) is 31.0 Å². The van der Waals surface area contributed by atoms with Gasteiger partial charge in [0.2, 0.25) is 11.8 Å². The largest absolute Gasteiger partial charge is 0.352 e. The number of benzene rings is 1.